The van der Waals surface area contributed by atoms with E-state index >= 15 is 0 Å². The van der Waals surface area contributed by atoms with Gasteiger partial charge in [-0.1, -0.05) is 12.1 Å². The fraction of sp³-hybridized carbons (Fsp3) is 0.333. The molecule has 0 unspecified atom stereocenters. The predicted octanol–water partition coefficient (Wildman–Crippen LogP) is 0.654. The number of hydrogen-bond donors (Lipinski definition) is 2. The van der Waals surface area contributed by atoms with Gasteiger partial charge in [-0.05, 0) is 24.1 Å². The Morgan fingerprint density at radius 2 is 2.05 bits per heavy atom. The second kappa shape index (κ2) is 6.41. The second-order valence-electron chi connectivity index (χ2n) is 5.19. The number of rotatable bonds is 5. The minimum atomic E-state index is -0.601. The molecule has 0 saturated carbocycles. The van der Waals surface area contributed by atoms with Gasteiger partial charge in [0.15, 0.2) is 0 Å². The summed E-state index contributed by atoms with van der Waals surface area (Å²) in [6.45, 7) is 0.482. The first-order valence-corrected chi connectivity index (χ1v) is 6.71. The van der Waals surface area contributed by atoms with E-state index in [2.05, 4.69) is 5.10 Å². The van der Waals surface area contributed by atoms with Crippen LogP contribution in [0.5, 0.6) is 5.75 Å². The number of hydrogen-bond acceptors (Lipinski definition) is 4. The van der Waals surface area contributed by atoms with Crippen molar-refractivity contribution < 1.29 is 9.90 Å². The summed E-state index contributed by atoms with van der Waals surface area (Å²) in [7, 11) is 3.56. The van der Waals surface area contributed by atoms with Crippen molar-refractivity contribution in [3.63, 3.8) is 0 Å². The van der Waals surface area contributed by atoms with E-state index in [0.29, 0.717) is 13.0 Å². The number of aromatic hydroxyl groups is 1. The molecule has 2 rings (SSSR count). The van der Waals surface area contributed by atoms with Gasteiger partial charge in [-0.25, -0.2) is 0 Å². The van der Waals surface area contributed by atoms with Crippen LogP contribution in [0.15, 0.2) is 36.7 Å². The summed E-state index contributed by atoms with van der Waals surface area (Å²) in [5.74, 6) is 0.0827. The summed E-state index contributed by atoms with van der Waals surface area (Å²) >= 11 is 0. The Hall–Kier alpha value is -2.34. The number of likely N-dealkylation sites (N-methyl/N-ethyl adjacent to an activating group) is 1. The number of phenolic OH excluding ortho intramolecular Hbond substituents is 1. The van der Waals surface area contributed by atoms with Crippen LogP contribution in [0.1, 0.15) is 11.1 Å². The number of amides is 1. The van der Waals surface area contributed by atoms with Crippen molar-refractivity contribution >= 4 is 5.91 Å². The van der Waals surface area contributed by atoms with Gasteiger partial charge in [0.2, 0.25) is 5.91 Å². The lowest BCUT2D eigenvalue weighted by atomic mass is 10.1. The maximum absolute atomic E-state index is 12.2. The highest BCUT2D eigenvalue weighted by atomic mass is 16.3. The van der Waals surface area contributed by atoms with E-state index in [9.17, 15) is 9.90 Å². The highest BCUT2D eigenvalue weighted by molar-refractivity contribution is 5.81. The Kier molecular flexibility index (Phi) is 4.59. The summed E-state index contributed by atoms with van der Waals surface area (Å²) in [5, 5.41) is 13.3. The van der Waals surface area contributed by atoms with Crippen LogP contribution < -0.4 is 5.73 Å². The topological polar surface area (TPSA) is 84.4 Å². The van der Waals surface area contributed by atoms with E-state index in [1.165, 1.54) is 0 Å². The van der Waals surface area contributed by atoms with Crippen molar-refractivity contribution in [2.45, 2.75) is 19.0 Å². The van der Waals surface area contributed by atoms with Gasteiger partial charge in [-0.2, -0.15) is 5.10 Å². The molecule has 1 aromatic carbocycles. The molecule has 3 N–H and O–H groups in total. The van der Waals surface area contributed by atoms with Gasteiger partial charge in [0, 0.05) is 32.4 Å². The molecule has 1 atom stereocenters. The second-order valence-corrected chi connectivity index (χ2v) is 5.19. The van der Waals surface area contributed by atoms with Crippen LogP contribution in [0.4, 0.5) is 0 Å². The monoisotopic (exact) mass is 288 g/mol. The maximum atomic E-state index is 12.2. The summed E-state index contributed by atoms with van der Waals surface area (Å²) in [6, 6.07) is 6.11. The lowest BCUT2D eigenvalue weighted by Gasteiger charge is -2.20. The van der Waals surface area contributed by atoms with Crippen molar-refractivity contribution in [3.8, 4) is 5.75 Å². The van der Waals surface area contributed by atoms with Crippen LogP contribution in [0.25, 0.3) is 0 Å². The third-order valence-corrected chi connectivity index (χ3v) is 3.26. The van der Waals surface area contributed by atoms with E-state index in [0.717, 1.165) is 11.1 Å². The molecule has 6 nitrogen and oxygen atoms in total. The summed E-state index contributed by atoms with van der Waals surface area (Å²) in [6.07, 6.45) is 4.04. The molecule has 112 valence electrons. The maximum Gasteiger partial charge on any atom is 0.239 e. The van der Waals surface area contributed by atoms with Crippen LogP contribution in [0.3, 0.4) is 0 Å². The van der Waals surface area contributed by atoms with Crippen LogP contribution in [-0.2, 0) is 24.8 Å². The first-order valence-electron chi connectivity index (χ1n) is 6.71. The Morgan fingerprint density at radius 3 is 2.62 bits per heavy atom. The van der Waals surface area contributed by atoms with Crippen molar-refractivity contribution in [2.24, 2.45) is 12.8 Å². The molecule has 0 aliphatic carbocycles. The van der Waals surface area contributed by atoms with Crippen LogP contribution in [0, 0.1) is 0 Å². The highest BCUT2D eigenvalue weighted by Crippen LogP contribution is 2.12. The van der Waals surface area contributed by atoms with Gasteiger partial charge in [0.1, 0.15) is 5.75 Å². The van der Waals surface area contributed by atoms with Crippen molar-refractivity contribution in [1.82, 2.24) is 14.7 Å². The number of carbonyl (C=O) groups excluding carboxylic acids is 1. The molecule has 21 heavy (non-hydrogen) atoms. The zero-order chi connectivity index (χ0) is 15.4. The lowest BCUT2D eigenvalue weighted by molar-refractivity contribution is -0.131. The zero-order valence-corrected chi connectivity index (χ0v) is 12.2. The molecule has 0 spiro atoms. The normalized spacial score (nSPS) is 12.1. The summed E-state index contributed by atoms with van der Waals surface area (Å²) in [4.78, 5) is 13.8. The Balaban J connectivity index is 1.93. The standard InChI is InChI=1S/C15H20N4O2/c1-18(9-12-8-17-19(2)10-12)15(21)14(16)7-11-3-5-13(20)6-4-11/h3-6,8,10,14,20H,7,9,16H2,1-2H3/t14-/m1/s1. The first kappa shape index (κ1) is 15.1. The molecule has 0 saturated heterocycles. The molecule has 2 aromatic rings. The van der Waals surface area contributed by atoms with E-state index < -0.39 is 6.04 Å². The summed E-state index contributed by atoms with van der Waals surface area (Å²) in [5.41, 5.74) is 7.86. The average Bonchev–Trinajstić information content (AvgIpc) is 2.85. The Labute approximate surface area is 123 Å². The van der Waals surface area contributed by atoms with Gasteiger partial charge in [-0.3, -0.25) is 9.48 Å². The highest BCUT2D eigenvalue weighted by Gasteiger charge is 2.19. The number of carbonyl (C=O) groups is 1. The van der Waals surface area contributed by atoms with Gasteiger partial charge in [0.05, 0.1) is 12.2 Å². The largest absolute Gasteiger partial charge is 0.508 e. The average molecular weight is 288 g/mol. The third-order valence-electron chi connectivity index (χ3n) is 3.26. The number of benzene rings is 1. The quantitative estimate of drug-likeness (QED) is 0.846. The van der Waals surface area contributed by atoms with Crippen LogP contribution >= 0.6 is 0 Å². The zero-order valence-electron chi connectivity index (χ0n) is 12.2. The first-order chi connectivity index (χ1) is 9.95. The van der Waals surface area contributed by atoms with Crippen molar-refractivity contribution in [3.05, 3.63) is 47.8 Å². The number of nitrogens with two attached hydrogens (primary N) is 1. The number of aryl methyl sites for hydroxylation is 1. The third kappa shape index (κ3) is 4.06. The molecule has 1 aromatic heterocycles. The van der Waals surface area contributed by atoms with E-state index in [-0.39, 0.29) is 11.7 Å². The Morgan fingerprint density at radius 1 is 1.38 bits per heavy atom. The number of aromatic nitrogens is 2. The lowest BCUT2D eigenvalue weighted by Crippen LogP contribution is -2.42. The molecular formula is C15H20N4O2. The molecule has 0 bridgehead atoms. The smallest absolute Gasteiger partial charge is 0.239 e. The molecule has 1 heterocycles. The molecule has 0 radical (unpaired) electrons. The predicted molar refractivity (Wildman–Crippen MR) is 79.5 cm³/mol. The van der Waals surface area contributed by atoms with E-state index in [4.69, 9.17) is 5.73 Å². The molecule has 1 amide bonds. The molecule has 0 fully saturated rings. The summed E-state index contributed by atoms with van der Waals surface area (Å²) < 4.78 is 1.70. The fourth-order valence-electron chi connectivity index (χ4n) is 2.16. The van der Waals surface area contributed by atoms with E-state index in [1.807, 2.05) is 13.2 Å². The molecule has 6 heteroatoms. The minimum Gasteiger partial charge on any atom is -0.508 e. The van der Waals surface area contributed by atoms with Gasteiger partial charge in [-0.15, -0.1) is 0 Å². The van der Waals surface area contributed by atoms with E-state index in [1.54, 1.807) is 47.1 Å². The van der Waals surface area contributed by atoms with Gasteiger partial charge >= 0.3 is 0 Å². The number of phenols is 1. The van der Waals surface area contributed by atoms with Crippen LogP contribution in [0.2, 0.25) is 0 Å². The van der Waals surface area contributed by atoms with Gasteiger partial charge in [0.25, 0.3) is 0 Å². The van der Waals surface area contributed by atoms with Crippen molar-refractivity contribution in [2.75, 3.05) is 7.05 Å². The fourth-order valence-corrected chi connectivity index (χ4v) is 2.16. The van der Waals surface area contributed by atoms with Crippen molar-refractivity contribution in [1.29, 1.82) is 0 Å². The van der Waals surface area contributed by atoms with Crippen LogP contribution in [-0.4, -0.2) is 38.8 Å². The minimum absolute atomic E-state index is 0.119. The van der Waals surface area contributed by atoms with Gasteiger partial charge < -0.3 is 15.7 Å². The Bertz CT molecular complexity index is 606. The molecule has 0 aliphatic heterocycles. The molecular weight excluding hydrogens is 268 g/mol. The number of nitrogens with zero attached hydrogens (tertiary/aromatic N) is 3. The SMILES string of the molecule is CN(Cc1cnn(C)c1)C(=O)[C@H](N)Cc1ccc(O)cc1. The molecule has 0 aliphatic rings.